The van der Waals surface area contributed by atoms with Crippen LogP contribution in [-0.2, 0) is 19.3 Å². The topological polar surface area (TPSA) is 6.48 Å². The maximum atomic E-state index is 2.37. The van der Waals surface area contributed by atoms with Crippen LogP contribution in [0.5, 0.6) is 0 Å². The third-order valence-corrected chi connectivity index (χ3v) is 9.53. The Kier molecular flexibility index (Phi) is 11.0. The van der Waals surface area contributed by atoms with E-state index in [4.69, 9.17) is 0 Å². The molecule has 0 spiro atoms. The van der Waals surface area contributed by atoms with Crippen LogP contribution >= 0.6 is 0 Å². The van der Waals surface area contributed by atoms with E-state index >= 15 is 0 Å². The van der Waals surface area contributed by atoms with Crippen LogP contribution < -0.4 is 9.80 Å². The molecular weight excluding hydrogens is 593 g/mol. The lowest BCUT2D eigenvalue weighted by atomic mass is 10.0. The molecule has 0 saturated carbocycles. The van der Waals surface area contributed by atoms with Crippen LogP contribution in [0.4, 0.5) is 34.1 Å². The molecule has 0 heterocycles. The molecule has 6 aromatic rings. The Labute approximate surface area is 294 Å². The highest BCUT2D eigenvalue weighted by atomic mass is 15.1. The van der Waals surface area contributed by atoms with Gasteiger partial charge in [-0.1, -0.05) is 107 Å². The van der Waals surface area contributed by atoms with Gasteiger partial charge in [0.15, 0.2) is 0 Å². The second-order valence-corrected chi connectivity index (χ2v) is 13.3. The van der Waals surface area contributed by atoms with Gasteiger partial charge in [-0.05, 0) is 145 Å². The van der Waals surface area contributed by atoms with Crippen molar-refractivity contribution in [3.63, 3.8) is 0 Å². The fourth-order valence-corrected chi connectivity index (χ4v) is 6.67. The van der Waals surface area contributed by atoms with Crippen LogP contribution in [0.25, 0.3) is 11.1 Å². The van der Waals surface area contributed by atoms with Crippen LogP contribution in [0.3, 0.4) is 0 Å². The molecule has 0 aliphatic carbocycles. The quantitative estimate of drug-likeness (QED) is 0.124. The smallest absolute Gasteiger partial charge is 0.0464 e. The SMILES string of the molecule is CCCc1ccc(N(c2ccc(CCC)cc2)c2ccc(-c3ccc(N(c4ccc(CCC)cc4)c4ccc(C)c(C)c4)cc3)cc2)cc1. The van der Waals surface area contributed by atoms with E-state index in [1.54, 1.807) is 0 Å². The van der Waals surface area contributed by atoms with E-state index in [1.807, 2.05) is 0 Å². The molecule has 0 aliphatic heterocycles. The van der Waals surface area contributed by atoms with E-state index in [0.717, 1.165) is 49.9 Å². The van der Waals surface area contributed by atoms with Crippen LogP contribution in [0.1, 0.15) is 67.9 Å². The lowest BCUT2D eigenvalue weighted by Gasteiger charge is -2.27. The number of hydrogen-bond donors (Lipinski definition) is 0. The molecule has 0 bridgehead atoms. The van der Waals surface area contributed by atoms with Crippen molar-refractivity contribution in [1.82, 2.24) is 0 Å². The predicted octanol–water partition coefficient (Wildman–Crippen LogP) is 13.8. The van der Waals surface area contributed by atoms with Crippen molar-refractivity contribution in [3.05, 3.63) is 167 Å². The monoisotopic (exact) mass is 642 g/mol. The summed E-state index contributed by atoms with van der Waals surface area (Å²) < 4.78 is 0. The molecule has 0 saturated heterocycles. The Morgan fingerprint density at radius 1 is 0.327 bits per heavy atom. The fourth-order valence-electron chi connectivity index (χ4n) is 6.67. The number of aryl methyl sites for hydroxylation is 5. The van der Waals surface area contributed by atoms with E-state index in [2.05, 4.69) is 184 Å². The van der Waals surface area contributed by atoms with E-state index < -0.39 is 0 Å². The highest BCUT2D eigenvalue weighted by Gasteiger charge is 2.15. The molecule has 248 valence electrons. The van der Waals surface area contributed by atoms with Crippen molar-refractivity contribution in [3.8, 4) is 11.1 Å². The minimum Gasteiger partial charge on any atom is -0.311 e. The van der Waals surface area contributed by atoms with Crippen molar-refractivity contribution >= 4 is 34.1 Å². The summed E-state index contributed by atoms with van der Waals surface area (Å²) in [5.41, 5.74) is 16.2. The molecule has 6 aromatic carbocycles. The average molecular weight is 643 g/mol. The number of rotatable bonds is 13. The first-order chi connectivity index (χ1) is 24.0. The first-order valence-corrected chi connectivity index (χ1v) is 18.1. The zero-order chi connectivity index (χ0) is 34.2. The molecule has 0 radical (unpaired) electrons. The Bertz CT molecular complexity index is 1870. The van der Waals surface area contributed by atoms with Gasteiger partial charge < -0.3 is 9.80 Å². The molecule has 0 unspecified atom stereocenters. The standard InChI is InChI=1S/C47H50N2/c1-6-9-37-13-24-42(25-14-37)48(43-26-15-38(10-7-2)16-27-43)45-30-19-40(20-31-45)41-21-32-46(33-22-41)49(47-23-12-35(4)36(5)34-47)44-28-17-39(11-8-3)18-29-44/h12-34H,6-11H2,1-5H3. The van der Waals surface area contributed by atoms with E-state index in [0.29, 0.717) is 0 Å². The second kappa shape index (κ2) is 15.9. The molecule has 6 rings (SSSR count). The lowest BCUT2D eigenvalue weighted by Crippen LogP contribution is -2.10. The Hall–Kier alpha value is -5.08. The van der Waals surface area contributed by atoms with Gasteiger partial charge in [-0.15, -0.1) is 0 Å². The highest BCUT2D eigenvalue weighted by Crippen LogP contribution is 2.39. The van der Waals surface area contributed by atoms with Crippen molar-refractivity contribution in [2.24, 2.45) is 0 Å². The van der Waals surface area contributed by atoms with Crippen molar-refractivity contribution in [1.29, 1.82) is 0 Å². The van der Waals surface area contributed by atoms with Gasteiger partial charge in [-0.3, -0.25) is 0 Å². The summed E-state index contributed by atoms with van der Waals surface area (Å²) in [5, 5.41) is 0. The molecule has 2 nitrogen and oxygen atoms in total. The van der Waals surface area contributed by atoms with Gasteiger partial charge in [-0.2, -0.15) is 0 Å². The van der Waals surface area contributed by atoms with Gasteiger partial charge in [0.25, 0.3) is 0 Å². The van der Waals surface area contributed by atoms with Gasteiger partial charge >= 0.3 is 0 Å². The summed E-state index contributed by atoms with van der Waals surface area (Å²) in [6.45, 7) is 11.1. The Morgan fingerprint density at radius 3 is 0.918 bits per heavy atom. The van der Waals surface area contributed by atoms with Gasteiger partial charge in [-0.25, -0.2) is 0 Å². The second-order valence-electron chi connectivity index (χ2n) is 13.3. The van der Waals surface area contributed by atoms with Crippen molar-refractivity contribution in [2.75, 3.05) is 9.80 Å². The van der Waals surface area contributed by atoms with Gasteiger partial charge in [0.1, 0.15) is 0 Å². The first-order valence-electron chi connectivity index (χ1n) is 18.1. The van der Waals surface area contributed by atoms with E-state index in [-0.39, 0.29) is 0 Å². The molecule has 0 aromatic heterocycles. The molecule has 0 atom stereocenters. The molecule has 0 aliphatic rings. The third-order valence-electron chi connectivity index (χ3n) is 9.53. The van der Waals surface area contributed by atoms with Gasteiger partial charge in [0, 0.05) is 34.1 Å². The molecule has 0 amide bonds. The van der Waals surface area contributed by atoms with Crippen LogP contribution in [0, 0.1) is 13.8 Å². The summed E-state index contributed by atoms with van der Waals surface area (Å²) in [5.74, 6) is 0. The third kappa shape index (κ3) is 7.98. The zero-order valence-electron chi connectivity index (χ0n) is 29.9. The number of hydrogen-bond acceptors (Lipinski definition) is 2. The predicted molar refractivity (Wildman–Crippen MR) is 213 cm³/mol. The van der Waals surface area contributed by atoms with Gasteiger partial charge in [0.05, 0.1) is 0 Å². The summed E-state index contributed by atoms with van der Waals surface area (Å²) >= 11 is 0. The van der Waals surface area contributed by atoms with E-state index in [1.165, 1.54) is 61.7 Å². The Morgan fingerprint density at radius 2 is 0.612 bits per heavy atom. The molecule has 0 fully saturated rings. The highest BCUT2D eigenvalue weighted by molar-refractivity contribution is 5.81. The summed E-state index contributed by atoms with van der Waals surface area (Å²) in [6, 6.07) is 51.9. The first kappa shape index (κ1) is 33.8. The molecule has 49 heavy (non-hydrogen) atoms. The summed E-state index contributed by atoms with van der Waals surface area (Å²) in [6.07, 6.45) is 6.77. The molecular formula is C47H50N2. The average Bonchev–Trinajstić information content (AvgIpc) is 3.13. The normalized spacial score (nSPS) is 11.0. The largest absolute Gasteiger partial charge is 0.311 e. The van der Waals surface area contributed by atoms with Gasteiger partial charge in [0.2, 0.25) is 0 Å². The van der Waals surface area contributed by atoms with Crippen LogP contribution in [0.15, 0.2) is 140 Å². The molecule has 0 N–H and O–H groups in total. The fraction of sp³-hybridized carbons (Fsp3) is 0.234. The van der Waals surface area contributed by atoms with E-state index in [9.17, 15) is 0 Å². The number of anilines is 6. The number of benzene rings is 6. The maximum Gasteiger partial charge on any atom is 0.0464 e. The number of nitrogens with zero attached hydrogens (tertiary/aromatic N) is 2. The lowest BCUT2D eigenvalue weighted by molar-refractivity contribution is 0.921. The van der Waals surface area contributed by atoms with Crippen molar-refractivity contribution in [2.45, 2.75) is 73.1 Å². The summed E-state index contributed by atoms with van der Waals surface area (Å²) in [7, 11) is 0. The Balaban J connectivity index is 1.30. The minimum absolute atomic E-state index is 1.10. The summed E-state index contributed by atoms with van der Waals surface area (Å²) in [4.78, 5) is 4.73. The van der Waals surface area contributed by atoms with Crippen LogP contribution in [-0.4, -0.2) is 0 Å². The van der Waals surface area contributed by atoms with Crippen LogP contribution in [0.2, 0.25) is 0 Å². The minimum atomic E-state index is 1.10. The maximum absolute atomic E-state index is 2.37. The molecule has 2 heteroatoms. The van der Waals surface area contributed by atoms with Crippen molar-refractivity contribution < 1.29 is 0 Å². The zero-order valence-corrected chi connectivity index (χ0v) is 29.9.